The van der Waals surface area contributed by atoms with Crippen LogP contribution >= 0.6 is 0 Å². The summed E-state index contributed by atoms with van der Waals surface area (Å²) in [5.74, 6) is -44.0. The first kappa shape index (κ1) is 43.8. The molecule has 0 saturated heterocycles. The third kappa shape index (κ3) is 8.59. The quantitative estimate of drug-likeness (QED) is 0.0555. The highest BCUT2D eigenvalue weighted by atomic mass is 19.2. The molecule has 2 nitrogen and oxygen atoms in total. The number of hydrogen-bond acceptors (Lipinski definition) is 2. The number of unbranched alkanes of at least 4 members (excludes halogenated alkanes) is 14. The Morgan fingerprint density at radius 2 is 0.655 bits per heavy atom. The number of halogens is 15. The van der Waals surface area contributed by atoms with Crippen molar-refractivity contribution in [3.8, 4) is 0 Å². The largest absolute Gasteiger partial charge is 0.358 e. The molecule has 1 atom stereocenters. The first-order valence-electron chi connectivity index (χ1n) is 18.0. The van der Waals surface area contributed by atoms with Crippen LogP contribution in [0.4, 0.5) is 65.9 Å². The van der Waals surface area contributed by atoms with Crippen LogP contribution in [0.5, 0.6) is 0 Å². The lowest BCUT2D eigenvalue weighted by molar-refractivity contribution is 0.284. The van der Waals surface area contributed by atoms with Crippen molar-refractivity contribution in [1.29, 1.82) is 0 Å². The molecule has 0 fully saturated rings. The molecular formula is C38H37F15N2. The second-order valence-corrected chi connectivity index (χ2v) is 13.5. The van der Waals surface area contributed by atoms with Gasteiger partial charge in [-0.05, 0) is 6.42 Å². The van der Waals surface area contributed by atoms with Crippen molar-refractivity contribution in [2.24, 2.45) is 4.99 Å². The van der Waals surface area contributed by atoms with Crippen LogP contribution in [0.1, 0.15) is 132 Å². The van der Waals surface area contributed by atoms with E-state index in [1.807, 2.05) is 5.32 Å². The smallest absolute Gasteiger partial charge is 0.200 e. The van der Waals surface area contributed by atoms with Gasteiger partial charge in [-0.2, -0.15) is 0 Å². The van der Waals surface area contributed by atoms with Crippen LogP contribution in [0.15, 0.2) is 4.99 Å². The van der Waals surface area contributed by atoms with Crippen molar-refractivity contribution in [3.63, 3.8) is 0 Å². The Hall–Kier alpha value is -3.92. The summed E-state index contributed by atoms with van der Waals surface area (Å²) >= 11 is 0. The van der Waals surface area contributed by atoms with E-state index in [4.69, 9.17) is 0 Å². The first-order chi connectivity index (χ1) is 26.1. The van der Waals surface area contributed by atoms with E-state index in [0.29, 0.717) is 19.3 Å². The lowest BCUT2D eigenvalue weighted by Crippen LogP contribution is -2.49. The summed E-state index contributed by atoms with van der Waals surface area (Å²) in [4.78, 5) is 3.66. The molecule has 1 unspecified atom stereocenters. The van der Waals surface area contributed by atoms with E-state index >= 15 is 26.3 Å². The van der Waals surface area contributed by atoms with E-state index in [1.165, 1.54) is 32.1 Å². The van der Waals surface area contributed by atoms with E-state index in [1.54, 1.807) is 0 Å². The van der Waals surface area contributed by atoms with Gasteiger partial charge in [0.15, 0.2) is 69.8 Å². The summed E-state index contributed by atoms with van der Waals surface area (Å²) in [6.07, 6.45) is 13.2. The lowest BCUT2D eigenvalue weighted by Gasteiger charge is -2.37. The summed E-state index contributed by atoms with van der Waals surface area (Å²) in [6, 6.07) is -3.34. The monoisotopic (exact) mass is 806 g/mol. The van der Waals surface area contributed by atoms with Gasteiger partial charge in [0.1, 0.15) is 11.6 Å². The Morgan fingerprint density at radius 1 is 0.382 bits per heavy atom. The lowest BCUT2D eigenvalue weighted by atomic mass is 9.73. The fraction of sp³-hybridized carbons (Fsp3) is 0.500. The van der Waals surface area contributed by atoms with Gasteiger partial charge in [0.05, 0.1) is 22.5 Å². The summed E-state index contributed by atoms with van der Waals surface area (Å²) in [6.45, 7) is 2.15. The molecule has 0 amide bonds. The predicted molar refractivity (Wildman–Crippen MR) is 172 cm³/mol. The highest BCUT2D eigenvalue weighted by Gasteiger charge is 2.58. The first-order valence-corrected chi connectivity index (χ1v) is 18.0. The molecule has 55 heavy (non-hydrogen) atoms. The fourth-order valence-corrected chi connectivity index (χ4v) is 6.94. The zero-order valence-electron chi connectivity index (χ0n) is 29.5. The van der Waals surface area contributed by atoms with Gasteiger partial charge in [-0.25, -0.2) is 65.9 Å². The van der Waals surface area contributed by atoms with Gasteiger partial charge >= 0.3 is 0 Å². The second-order valence-electron chi connectivity index (χ2n) is 13.5. The minimum absolute atomic E-state index is 0.00201. The molecule has 1 heterocycles. The number of amidine groups is 1. The highest BCUT2D eigenvalue weighted by molar-refractivity contribution is 5.87. The molecule has 0 bridgehead atoms. The Labute approximate surface area is 307 Å². The van der Waals surface area contributed by atoms with E-state index in [9.17, 15) is 39.5 Å². The average Bonchev–Trinajstić information content (AvgIpc) is 3.53. The van der Waals surface area contributed by atoms with Crippen LogP contribution in [0.25, 0.3) is 0 Å². The number of nitrogens with one attached hydrogen (secondary N) is 1. The summed E-state index contributed by atoms with van der Waals surface area (Å²) in [5.41, 5.74) is -11.5. The molecule has 0 spiro atoms. The minimum Gasteiger partial charge on any atom is -0.358 e. The zero-order chi connectivity index (χ0) is 40.8. The van der Waals surface area contributed by atoms with Gasteiger partial charge in [0, 0.05) is 6.42 Å². The number of hydrogen-bond donors (Lipinski definition) is 1. The Balaban J connectivity index is 1.71. The number of nitrogens with zero attached hydrogens (tertiary/aromatic N) is 1. The predicted octanol–water partition coefficient (Wildman–Crippen LogP) is 13.0. The maximum atomic E-state index is 15.7. The summed E-state index contributed by atoms with van der Waals surface area (Å²) < 4.78 is 224. The van der Waals surface area contributed by atoms with E-state index in [0.717, 1.165) is 38.5 Å². The molecule has 0 radical (unpaired) electrons. The Bertz CT molecular complexity index is 1740. The average molecular weight is 807 g/mol. The highest BCUT2D eigenvalue weighted by Crippen LogP contribution is 2.53. The van der Waals surface area contributed by atoms with Gasteiger partial charge < -0.3 is 5.32 Å². The molecule has 304 valence electrons. The van der Waals surface area contributed by atoms with Gasteiger partial charge in [-0.3, -0.25) is 4.99 Å². The van der Waals surface area contributed by atoms with Crippen LogP contribution in [0.2, 0.25) is 0 Å². The molecule has 1 aliphatic heterocycles. The topological polar surface area (TPSA) is 24.4 Å². The maximum absolute atomic E-state index is 15.7. The van der Waals surface area contributed by atoms with Crippen LogP contribution in [-0.2, 0) is 5.54 Å². The maximum Gasteiger partial charge on any atom is 0.200 e. The van der Waals surface area contributed by atoms with Gasteiger partial charge in [-0.1, -0.05) is 96.8 Å². The molecule has 0 saturated carbocycles. The molecule has 17 heteroatoms. The zero-order valence-corrected chi connectivity index (χ0v) is 29.5. The van der Waals surface area contributed by atoms with Gasteiger partial charge in [0.2, 0.25) is 17.5 Å². The molecule has 3 aromatic carbocycles. The van der Waals surface area contributed by atoms with Crippen LogP contribution in [-0.4, -0.2) is 5.84 Å². The van der Waals surface area contributed by atoms with Crippen molar-refractivity contribution in [2.45, 2.75) is 121 Å². The van der Waals surface area contributed by atoms with Gasteiger partial charge in [-0.15, -0.1) is 0 Å². The third-order valence-corrected chi connectivity index (χ3v) is 9.78. The van der Waals surface area contributed by atoms with E-state index in [2.05, 4.69) is 11.9 Å². The normalized spacial score (nSPS) is 15.2. The van der Waals surface area contributed by atoms with Crippen molar-refractivity contribution in [1.82, 2.24) is 5.32 Å². The summed E-state index contributed by atoms with van der Waals surface area (Å²) in [5, 5.41) is 1.86. The molecule has 3 aromatic rings. The molecule has 4 rings (SSSR count). The van der Waals surface area contributed by atoms with Crippen molar-refractivity contribution in [3.05, 3.63) is 104 Å². The molecular weight excluding hydrogens is 769 g/mol. The molecule has 1 aliphatic rings. The van der Waals surface area contributed by atoms with Crippen LogP contribution < -0.4 is 5.32 Å². The van der Waals surface area contributed by atoms with E-state index < -0.39 is 128 Å². The minimum atomic E-state index is -4.25. The SMILES string of the molecule is CCCCCCCCCCCCCCCCCC1=NC(c2c(F)c(F)c(F)c(F)c2F)C(c2c(F)c(F)c(F)c(F)c2F)(c2c(F)c(F)c(F)c(F)c2F)N1. The van der Waals surface area contributed by atoms with E-state index in [-0.39, 0.29) is 6.42 Å². The van der Waals surface area contributed by atoms with Crippen molar-refractivity contribution < 1.29 is 65.9 Å². The van der Waals surface area contributed by atoms with Crippen LogP contribution in [0.3, 0.4) is 0 Å². The molecule has 1 N–H and O–H groups in total. The Kier molecular flexibility index (Phi) is 15.0. The fourth-order valence-electron chi connectivity index (χ4n) is 6.94. The molecule has 0 aromatic heterocycles. The molecule has 0 aliphatic carbocycles. The summed E-state index contributed by atoms with van der Waals surface area (Å²) in [7, 11) is 0. The standard InChI is InChI=1S/C38H37F15N2/c1-2-3-4-5-6-7-8-9-10-11-12-13-14-15-16-17-18-54-37(19-22(39)28(45)34(51)29(46)23(19)40)38(55-18,20-24(41)30(47)35(52)31(48)25(20)42)21-26(43)32(49)36(53)33(50)27(21)44/h37H,2-17H2,1H3,(H,54,55). The van der Waals surface area contributed by atoms with Crippen molar-refractivity contribution in [2.75, 3.05) is 0 Å². The third-order valence-electron chi connectivity index (χ3n) is 9.78. The number of rotatable bonds is 19. The van der Waals surface area contributed by atoms with Gasteiger partial charge in [0.25, 0.3) is 0 Å². The van der Waals surface area contributed by atoms with Crippen molar-refractivity contribution >= 4 is 5.84 Å². The number of benzene rings is 3. The number of aliphatic imine (C=N–C) groups is 1. The van der Waals surface area contributed by atoms with Crippen LogP contribution in [0, 0.1) is 87.3 Å². The second kappa shape index (κ2) is 18.8. The Morgan fingerprint density at radius 3 is 0.982 bits per heavy atom.